The van der Waals surface area contributed by atoms with E-state index in [9.17, 15) is 0 Å². The molecule has 0 aromatic carbocycles. The van der Waals surface area contributed by atoms with Crippen molar-refractivity contribution in [3.8, 4) is 0 Å². The van der Waals surface area contributed by atoms with Gasteiger partial charge in [0.15, 0.2) is 5.82 Å². The summed E-state index contributed by atoms with van der Waals surface area (Å²) >= 11 is 6.10. The number of fused-ring (bicyclic) bond motifs is 1. The predicted molar refractivity (Wildman–Crippen MR) is 77.5 cm³/mol. The Morgan fingerprint density at radius 2 is 2.17 bits per heavy atom. The first-order chi connectivity index (χ1) is 8.81. The number of anilines is 1. The normalized spacial score (nSPS) is 11.1. The van der Waals surface area contributed by atoms with Crippen LogP contribution < -0.4 is 4.90 Å². The first-order valence-electron chi connectivity index (χ1n) is 6.58. The van der Waals surface area contributed by atoms with Crippen LogP contribution in [-0.4, -0.2) is 22.5 Å². The van der Waals surface area contributed by atoms with E-state index in [1.807, 2.05) is 24.4 Å². The summed E-state index contributed by atoms with van der Waals surface area (Å²) in [4.78, 5) is 7.03. The summed E-state index contributed by atoms with van der Waals surface area (Å²) in [6, 6.07) is 6.04. The molecule has 18 heavy (non-hydrogen) atoms. The molecule has 0 amide bonds. The zero-order valence-electron chi connectivity index (χ0n) is 11.1. The average Bonchev–Trinajstić information content (AvgIpc) is 2.78. The van der Waals surface area contributed by atoms with Gasteiger partial charge < -0.3 is 9.30 Å². The van der Waals surface area contributed by atoms with Crippen LogP contribution in [0.2, 0.25) is 0 Å². The van der Waals surface area contributed by atoms with Crippen LogP contribution in [0.3, 0.4) is 0 Å². The molecule has 0 radical (unpaired) electrons. The second kappa shape index (κ2) is 6.10. The van der Waals surface area contributed by atoms with Crippen molar-refractivity contribution in [2.75, 3.05) is 18.0 Å². The number of hydrogen-bond donors (Lipinski definition) is 0. The van der Waals surface area contributed by atoms with Crippen molar-refractivity contribution in [2.24, 2.45) is 0 Å². The second-order valence-electron chi connectivity index (χ2n) is 4.38. The number of halogens is 1. The zero-order chi connectivity index (χ0) is 13.0. The van der Waals surface area contributed by atoms with E-state index < -0.39 is 0 Å². The second-order valence-corrected chi connectivity index (χ2v) is 4.65. The molecule has 2 aromatic heterocycles. The highest BCUT2D eigenvalue weighted by Crippen LogP contribution is 2.23. The van der Waals surface area contributed by atoms with Gasteiger partial charge in [-0.3, -0.25) is 0 Å². The SMILES string of the molecule is CCCCN(CC)c1nc2ccccn2c1CCl. The van der Waals surface area contributed by atoms with E-state index in [0.717, 1.165) is 30.2 Å². The Labute approximate surface area is 113 Å². The highest BCUT2D eigenvalue weighted by molar-refractivity contribution is 6.17. The fraction of sp³-hybridized carbons (Fsp3) is 0.500. The van der Waals surface area contributed by atoms with Crippen LogP contribution in [0.4, 0.5) is 5.82 Å². The lowest BCUT2D eigenvalue weighted by Crippen LogP contribution is -2.25. The predicted octanol–water partition coefficient (Wildman–Crippen LogP) is 3.70. The molecule has 0 aliphatic carbocycles. The third-order valence-electron chi connectivity index (χ3n) is 3.20. The van der Waals surface area contributed by atoms with Gasteiger partial charge >= 0.3 is 0 Å². The van der Waals surface area contributed by atoms with Crippen LogP contribution in [0, 0.1) is 0 Å². The molecular weight excluding hydrogens is 246 g/mol. The first-order valence-corrected chi connectivity index (χ1v) is 7.12. The summed E-state index contributed by atoms with van der Waals surface area (Å²) in [6.45, 7) is 6.38. The molecular formula is C14H20ClN3. The summed E-state index contributed by atoms with van der Waals surface area (Å²) in [5.74, 6) is 1.52. The van der Waals surface area contributed by atoms with Crippen molar-refractivity contribution in [3.05, 3.63) is 30.1 Å². The van der Waals surface area contributed by atoms with Gasteiger partial charge in [-0.2, -0.15) is 0 Å². The number of nitrogens with zero attached hydrogens (tertiary/aromatic N) is 3. The summed E-state index contributed by atoms with van der Waals surface area (Å²) in [6.07, 6.45) is 4.40. The fourth-order valence-electron chi connectivity index (χ4n) is 2.17. The molecule has 2 heterocycles. The standard InChI is InChI=1S/C14H20ClN3/c1-3-5-9-17(4-2)14-12(11-15)18-10-7-6-8-13(18)16-14/h6-8,10H,3-5,9,11H2,1-2H3. The number of unbranched alkanes of at least 4 members (excludes halogenated alkanes) is 1. The lowest BCUT2D eigenvalue weighted by Gasteiger charge is -2.21. The molecule has 0 unspecified atom stereocenters. The number of imidazole rings is 1. The van der Waals surface area contributed by atoms with Crippen LogP contribution in [0.15, 0.2) is 24.4 Å². The van der Waals surface area contributed by atoms with Crippen LogP contribution >= 0.6 is 11.6 Å². The number of aromatic nitrogens is 2. The Bertz CT molecular complexity index is 507. The van der Waals surface area contributed by atoms with Gasteiger partial charge in [0.05, 0.1) is 11.6 Å². The van der Waals surface area contributed by atoms with Crippen LogP contribution in [0.25, 0.3) is 5.65 Å². The van der Waals surface area contributed by atoms with Gasteiger partial charge in [0.2, 0.25) is 0 Å². The molecule has 3 nitrogen and oxygen atoms in total. The summed E-state index contributed by atoms with van der Waals surface area (Å²) in [5, 5.41) is 0. The lowest BCUT2D eigenvalue weighted by atomic mass is 10.3. The summed E-state index contributed by atoms with van der Waals surface area (Å²) in [5.41, 5.74) is 2.06. The number of alkyl halides is 1. The molecule has 0 atom stereocenters. The number of hydrogen-bond acceptors (Lipinski definition) is 2. The van der Waals surface area contributed by atoms with E-state index in [0.29, 0.717) is 5.88 Å². The molecule has 98 valence electrons. The van der Waals surface area contributed by atoms with Gasteiger partial charge in [0.1, 0.15) is 5.65 Å². The molecule has 0 saturated heterocycles. The van der Waals surface area contributed by atoms with Gasteiger partial charge in [-0.1, -0.05) is 19.4 Å². The fourth-order valence-corrected chi connectivity index (χ4v) is 2.42. The topological polar surface area (TPSA) is 20.5 Å². The molecule has 0 aliphatic rings. The van der Waals surface area contributed by atoms with Gasteiger partial charge in [0, 0.05) is 19.3 Å². The van der Waals surface area contributed by atoms with Gasteiger partial charge in [-0.05, 0) is 25.5 Å². The minimum atomic E-state index is 0.489. The Kier molecular flexibility index (Phi) is 4.48. The van der Waals surface area contributed by atoms with Crippen LogP contribution in [0.1, 0.15) is 32.4 Å². The largest absolute Gasteiger partial charge is 0.355 e. The quantitative estimate of drug-likeness (QED) is 0.743. The molecule has 2 aromatic rings. The molecule has 0 spiro atoms. The third-order valence-corrected chi connectivity index (χ3v) is 3.45. The zero-order valence-corrected chi connectivity index (χ0v) is 11.8. The first kappa shape index (κ1) is 13.2. The number of pyridine rings is 1. The minimum absolute atomic E-state index is 0.489. The molecule has 0 fully saturated rings. The van der Waals surface area contributed by atoms with E-state index in [2.05, 4.69) is 23.1 Å². The monoisotopic (exact) mass is 265 g/mol. The van der Waals surface area contributed by atoms with E-state index in [4.69, 9.17) is 16.6 Å². The van der Waals surface area contributed by atoms with Crippen molar-refractivity contribution in [3.63, 3.8) is 0 Å². The molecule has 4 heteroatoms. The van der Waals surface area contributed by atoms with Crippen LogP contribution in [-0.2, 0) is 5.88 Å². The van der Waals surface area contributed by atoms with Crippen molar-refractivity contribution >= 4 is 23.1 Å². The van der Waals surface area contributed by atoms with Gasteiger partial charge in [-0.25, -0.2) is 4.98 Å². The minimum Gasteiger partial charge on any atom is -0.355 e. The molecule has 0 saturated carbocycles. The number of rotatable bonds is 6. The smallest absolute Gasteiger partial charge is 0.152 e. The molecule has 0 N–H and O–H groups in total. The van der Waals surface area contributed by atoms with Crippen molar-refractivity contribution < 1.29 is 0 Å². The Morgan fingerprint density at radius 3 is 2.83 bits per heavy atom. The van der Waals surface area contributed by atoms with Gasteiger partial charge in [0.25, 0.3) is 0 Å². The Balaban J connectivity index is 2.41. The molecule has 0 aliphatic heterocycles. The highest BCUT2D eigenvalue weighted by atomic mass is 35.5. The van der Waals surface area contributed by atoms with E-state index >= 15 is 0 Å². The maximum absolute atomic E-state index is 6.10. The van der Waals surface area contributed by atoms with Gasteiger partial charge in [-0.15, -0.1) is 11.6 Å². The van der Waals surface area contributed by atoms with Crippen molar-refractivity contribution in [2.45, 2.75) is 32.6 Å². The van der Waals surface area contributed by atoms with Crippen molar-refractivity contribution in [1.29, 1.82) is 0 Å². The third kappa shape index (κ3) is 2.46. The van der Waals surface area contributed by atoms with E-state index in [-0.39, 0.29) is 0 Å². The van der Waals surface area contributed by atoms with Crippen molar-refractivity contribution in [1.82, 2.24) is 9.38 Å². The maximum Gasteiger partial charge on any atom is 0.152 e. The molecule has 0 bridgehead atoms. The van der Waals surface area contributed by atoms with E-state index in [1.165, 1.54) is 12.8 Å². The average molecular weight is 266 g/mol. The molecule has 2 rings (SSSR count). The Hall–Kier alpha value is -1.22. The Morgan fingerprint density at radius 1 is 1.33 bits per heavy atom. The van der Waals surface area contributed by atoms with Crippen LogP contribution in [0.5, 0.6) is 0 Å². The summed E-state index contributed by atoms with van der Waals surface area (Å²) < 4.78 is 2.08. The maximum atomic E-state index is 6.10. The van der Waals surface area contributed by atoms with E-state index in [1.54, 1.807) is 0 Å². The lowest BCUT2D eigenvalue weighted by molar-refractivity contribution is 0.723. The summed E-state index contributed by atoms with van der Waals surface area (Å²) in [7, 11) is 0. The highest BCUT2D eigenvalue weighted by Gasteiger charge is 2.15.